The number of halogens is 3. The van der Waals surface area contributed by atoms with Crippen LogP contribution in [0.1, 0.15) is 71.1 Å². The summed E-state index contributed by atoms with van der Waals surface area (Å²) in [7, 11) is 0. The largest absolute Gasteiger partial charge is 0.392 e. The molecule has 0 aromatic heterocycles. The minimum Gasteiger partial charge on any atom is -0.171 e. The van der Waals surface area contributed by atoms with Gasteiger partial charge < -0.3 is 0 Å². The molecular formula is C13H24F3. The summed E-state index contributed by atoms with van der Waals surface area (Å²) in [5.74, 6) is 0. The van der Waals surface area contributed by atoms with Gasteiger partial charge in [0.25, 0.3) is 0 Å². The first-order valence-electron chi connectivity index (χ1n) is 6.47. The van der Waals surface area contributed by atoms with E-state index in [2.05, 4.69) is 6.92 Å². The topological polar surface area (TPSA) is 0 Å². The van der Waals surface area contributed by atoms with Crippen molar-refractivity contribution in [1.82, 2.24) is 0 Å². The maximum absolute atomic E-state index is 11.7. The molecule has 1 radical (unpaired) electrons. The third-order valence-corrected chi connectivity index (χ3v) is 2.68. The molecule has 0 unspecified atom stereocenters. The standard InChI is InChI=1S/C13H24F3/c1-2-3-4-5-6-7-8-9-10-11-12-13(14,15)16/h12H,2-11H2,1H3. The molecule has 0 saturated carbocycles. The van der Waals surface area contributed by atoms with Gasteiger partial charge in [-0.15, -0.1) is 0 Å². The van der Waals surface area contributed by atoms with Gasteiger partial charge in [0.15, 0.2) is 0 Å². The Labute approximate surface area is 97.6 Å². The van der Waals surface area contributed by atoms with Gasteiger partial charge in [0.05, 0.1) is 6.42 Å². The van der Waals surface area contributed by atoms with Gasteiger partial charge in [-0.2, -0.15) is 13.2 Å². The van der Waals surface area contributed by atoms with Gasteiger partial charge in [-0.05, 0) is 6.42 Å². The molecule has 0 aliphatic rings. The van der Waals surface area contributed by atoms with Crippen molar-refractivity contribution in [1.29, 1.82) is 0 Å². The Morgan fingerprint density at radius 2 is 1.19 bits per heavy atom. The van der Waals surface area contributed by atoms with Crippen molar-refractivity contribution in [2.75, 3.05) is 0 Å². The van der Waals surface area contributed by atoms with E-state index >= 15 is 0 Å². The predicted octanol–water partition coefficient (Wildman–Crippen LogP) is 5.67. The van der Waals surface area contributed by atoms with Crippen molar-refractivity contribution in [2.24, 2.45) is 0 Å². The zero-order chi connectivity index (χ0) is 12.3. The fourth-order valence-corrected chi connectivity index (χ4v) is 1.72. The molecule has 0 aromatic carbocycles. The Bertz CT molecular complexity index is 141. The van der Waals surface area contributed by atoms with Crippen molar-refractivity contribution in [3.63, 3.8) is 0 Å². The molecule has 97 valence electrons. The highest BCUT2D eigenvalue weighted by Gasteiger charge is 2.26. The SMILES string of the molecule is CCCCCCCCCCC[CH]C(F)(F)F. The fourth-order valence-electron chi connectivity index (χ4n) is 1.72. The first-order chi connectivity index (χ1) is 7.56. The van der Waals surface area contributed by atoms with E-state index in [9.17, 15) is 13.2 Å². The van der Waals surface area contributed by atoms with E-state index in [4.69, 9.17) is 0 Å². The minimum absolute atomic E-state index is 0.180. The van der Waals surface area contributed by atoms with Crippen molar-refractivity contribution in [2.45, 2.75) is 77.3 Å². The van der Waals surface area contributed by atoms with Crippen LogP contribution in [0.15, 0.2) is 0 Å². The molecule has 16 heavy (non-hydrogen) atoms. The lowest BCUT2D eigenvalue weighted by atomic mass is 10.1. The lowest BCUT2D eigenvalue weighted by Gasteiger charge is -2.05. The number of hydrogen-bond acceptors (Lipinski definition) is 0. The van der Waals surface area contributed by atoms with Gasteiger partial charge in [-0.25, -0.2) is 0 Å². The zero-order valence-corrected chi connectivity index (χ0v) is 10.3. The van der Waals surface area contributed by atoms with Crippen LogP contribution in [-0.2, 0) is 0 Å². The molecular weight excluding hydrogens is 213 g/mol. The van der Waals surface area contributed by atoms with Crippen molar-refractivity contribution in [3.05, 3.63) is 6.42 Å². The first-order valence-corrected chi connectivity index (χ1v) is 6.47. The molecule has 0 aliphatic carbocycles. The van der Waals surface area contributed by atoms with Gasteiger partial charge in [0.2, 0.25) is 0 Å². The van der Waals surface area contributed by atoms with Crippen LogP contribution in [0.2, 0.25) is 0 Å². The van der Waals surface area contributed by atoms with Gasteiger partial charge in [0.1, 0.15) is 0 Å². The van der Waals surface area contributed by atoms with Crippen LogP contribution in [-0.4, -0.2) is 6.18 Å². The summed E-state index contributed by atoms with van der Waals surface area (Å²) < 4.78 is 35.2. The highest BCUT2D eigenvalue weighted by atomic mass is 19.4. The Hall–Kier alpha value is -0.210. The summed E-state index contributed by atoms with van der Waals surface area (Å²) in [5, 5.41) is 0. The van der Waals surface area contributed by atoms with E-state index in [0.29, 0.717) is 12.8 Å². The quantitative estimate of drug-likeness (QED) is 0.429. The number of unbranched alkanes of at least 4 members (excludes halogenated alkanes) is 9. The lowest BCUT2D eigenvalue weighted by molar-refractivity contribution is -0.0984. The lowest BCUT2D eigenvalue weighted by Crippen LogP contribution is -2.07. The summed E-state index contributed by atoms with van der Waals surface area (Å²) in [5.41, 5.74) is 0. The molecule has 0 rings (SSSR count). The number of alkyl halides is 3. The van der Waals surface area contributed by atoms with E-state index < -0.39 is 6.18 Å². The molecule has 3 heteroatoms. The smallest absolute Gasteiger partial charge is 0.171 e. The van der Waals surface area contributed by atoms with Crippen LogP contribution in [0.25, 0.3) is 0 Å². The Kier molecular flexibility index (Phi) is 9.85. The summed E-state index contributed by atoms with van der Waals surface area (Å²) in [6, 6.07) is 0. The van der Waals surface area contributed by atoms with Crippen molar-refractivity contribution < 1.29 is 13.2 Å². The van der Waals surface area contributed by atoms with E-state index in [1.165, 1.54) is 38.5 Å². The fraction of sp³-hybridized carbons (Fsp3) is 0.923. The van der Waals surface area contributed by atoms with Crippen LogP contribution in [0.4, 0.5) is 13.2 Å². The first kappa shape index (κ1) is 15.8. The third-order valence-electron chi connectivity index (χ3n) is 2.68. The predicted molar refractivity (Wildman–Crippen MR) is 62.2 cm³/mol. The number of rotatable bonds is 10. The Morgan fingerprint density at radius 1 is 0.750 bits per heavy atom. The zero-order valence-electron chi connectivity index (χ0n) is 10.3. The molecule has 0 atom stereocenters. The van der Waals surface area contributed by atoms with Gasteiger partial charge in [-0.3, -0.25) is 0 Å². The van der Waals surface area contributed by atoms with Crippen molar-refractivity contribution in [3.8, 4) is 0 Å². The van der Waals surface area contributed by atoms with E-state index in [1.54, 1.807) is 0 Å². The monoisotopic (exact) mass is 237 g/mol. The molecule has 0 saturated heterocycles. The second-order valence-electron chi connectivity index (χ2n) is 4.36. The molecule has 0 fully saturated rings. The summed E-state index contributed by atoms with van der Waals surface area (Å²) in [6.07, 6.45) is 6.81. The van der Waals surface area contributed by atoms with Crippen LogP contribution < -0.4 is 0 Å². The molecule has 0 N–H and O–H groups in total. The van der Waals surface area contributed by atoms with E-state index in [0.717, 1.165) is 12.8 Å². The highest BCUT2D eigenvalue weighted by molar-refractivity contribution is 4.73. The highest BCUT2D eigenvalue weighted by Crippen LogP contribution is 2.22. The van der Waals surface area contributed by atoms with Crippen LogP contribution in [0.5, 0.6) is 0 Å². The Balaban J connectivity index is 2.99. The summed E-state index contributed by atoms with van der Waals surface area (Å²) in [4.78, 5) is 0. The molecule has 0 spiro atoms. The van der Waals surface area contributed by atoms with Gasteiger partial charge in [-0.1, -0.05) is 64.7 Å². The van der Waals surface area contributed by atoms with Crippen LogP contribution in [0, 0.1) is 6.42 Å². The van der Waals surface area contributed by atoms with Crippen LogP contribution in [0.3, 0.4) is 0 Å². The third kappa shape index (κ3) is 13.8. The second kappa shape index (κ2) is 9.98. The average molecular weight is 237 g/mol. The van der Waals surface area contributed by atoms with Crippen LogP contribution >= 0.6 is 0 Å². The molecule has 0 aliphatic heterocycles. The summed E-state index contributed by atoms with van der Waals surface area (Å²) in [6.45, 7) is 2.19. The minimum atomic E-state index is -4.08. The summed E-state index contributed by atoms with van der Waals surface area (Å²) >= 11 is 0. The van der Waals surface area contributed by atoms with E-state index in [1.807, 2.05) is 0 Å². The second-order valence-corrected chi connectivity index (χ2v) is 4.36. The van der Waals surface area contributed by atoms with Crippen molar-refractivity contribution >= 4 is 0 Å². The molecule has 0 heterocycles. The van der Waals surface area contributed by atoms with Gasteiger partial charge >= 0.3 is 6.18 Å². The molecule has 0 bridgehead atoms. The number of hydrogen-bond donors (Lipinski definition) is 0. The average Bonchev–Trinajstić information content (AvgIpc) is 2.19. The van der Waals surface area contributed by atoms with E-state index in [-0.39, 0.29) is 6.42 Å². The van der Waals surface area contributed by atoms with Gasteiger partial charge in [0, 0.05) is 0 Å². The molecule has 0 aromatic rings. The Morgan fingerprint density at radius 3 is 1.62 bits per heavy atom. The normalized spacial score (nSPS) is 12.0. The molecule has 0 nitrogen and oxygen atoms in total. The molecule has 0 amide bonds. The maximum Gasteiger partial charge on any atom is 0.392 e. The maximum atomic E-state index is 11.7.